The highest BCUT2D eigenvalue weighted by Crippen LogP contribution is 2.19. The van der Waals surface area contributed by atoms with E-state index in [9.17, 15) is 0 Å². The lowest BCUT2D eigenvalue weighted by molar-refractivity contribution is 0.479. The Kier molecular flexibility index (Phi) is 9.36. The first-order chi connectivity index (χ1) is 10.8. The van der Waals surface area contributed by atoms with Crippen LogP contribution >= 0.6 is 24.0 Å². The van der Waals surface area contributed by atoms with Crippen LogP contribution in [-0.2, 0) is 0 Å². The second kappa shape index (κ2) is 10.7. The molecule has 130 valence electrons. The Morgan fingerprint density at radius 3 is 2.57 bits per heavy atom. The fourth-order valence-electron chi connectivity index (χ4n) is 2.96. The van der Waals surface area contributed by atoms with E-state index in [1.807, 2.05) is 7.05 Å². The number of halogens is 1. The van der Waals surface area contributed by atoms with E-state index in [-0.39, 0.29) is 24.0 Å². The second-order valence-corrected chi connectivity index (χ2v) is 6.05. The number of nitrogens with one attached hydrogen (secondary N) is 2. The van der Waals surface area contributed by atoms with Gasteiger partial charge in [-0.15, -0.1) is 24.0 Å². The second-order valence-electron chi connectivity index (χ2n) is 6.05. The van der Waals surface area contributed by atoms with Gasteiger partial charge in [0, 0.05) is 38.4 Å². The van der Waals surface area contributed by atoms with Gasteiger partial charge in [0.15, 0.2) is 5.96 Å². The maximum atomic E-state index is 4.37. The van der Waals surface area contributed by atoms with Gasteiger partial charge in [-0.05, 0) is 24.5 Å². The summed E-state index contributed by atoms with van der Waals surface area (Å²) in [5.41, 5.74) is 1.31. The van der Waals surface area contributed by atoms with Crippen molar-refractivity contribution in [3.05, 3.63) is 30.3 Å². The van der Waals surface area contributed by atoms with Crippen LogP contribution in [0.1, 0.15) is 33.1 Å². The molecule has 1 heterocycles. The van der Waals surface area contributed by atoms with Crippen LogP contribution in [0.2, 0.25) is 0 Å². The molecule has 1 atom stereocenters. The van der Waals surface area contributed by atoms with Crippen molar-refractivity contribution in [3.8, 4) is 0 Å². The summed E-state index contributed by atoms with van der Waals surface area (Å²) in [5.74, 6) is 1.66. The lowest BCUT2D eigenvalue weighted by Crippen LogP contribution is -2.45. The fourth-order valence-corrected chi connectivity index (χ4v) is 2.96. The smallest absolute Gasteiger partial charge is 0.191 e. The number of para-hydroxylation sites is 1. The molecule has 1 saturated heterocycles. The Morgan fingerprint density at radius 1 is 1.26 bits per heavy atom. The molecule has 0 bridgehead atoms. The van der Waals surface area contributed by atoms with Gasteiger partial charge in [-0.1, -0.05) is 44.9 Å². The lowest BCUT2D eigenvalue weighted by Gasteiger charge is -2.21. The molecule has 0 radical (unpaired) electrons. The molecule has 0 spiro atoms. The summed E-state index contributed by atoms with van der Waals surface area (Å²) >= 11 is 0. The van der Waals surface area contributed by atoms with Crippen molar-refractivity contribution in [2.75, 3.05) is 31.6 Å². The van der Waals surface area contributed by atoms with Gasteiger partial charge in [0.1, 0.15) is 0 Å². The molecule has 4 nitrogen and oxygen atoms in total. The Morgan fingerprint density at radius 2 is 1.96 bits per heavy atom. The number of benzene rings is 1. The van der Waals surface area contributed by atoms with E-state index in [0.29, 0.717) is 6.04 Å². The molecule has 1 fully saturated rings. The van der Waals surface area contributed by atoms with E-state index in [2.05, 4.69) is 64.7 Å². The number of aliphatic imine (C=N–C) groups is 1. The third-order valence-corrected chi connectivity index (χ3v) is 4.59. The van der Waals surface area contributed by atoms with Crippen LogP contribution in [-0.4, -0.2) is 38.7 Å². The van der Waals surface area contributed by atoms with Gasteiger partial charge in [0.05, 0.1) is 0 Å². The zero-order chi connectivity index (χ0) is 15.8. The minimum absolute atomic E-state index is 0. The minimum Gasteiger partial charge on any atom is -0.369 e. The zero-order valence-electron chi connectivity index (χ0n) is 14.6. The molecule has 1 aromatic rings. The highest BCUT2D eigenvalue weighted by atomic mass is 127. The summed E-state index contributed by atoms with van der Waals surface area (Å²) in [5, 5.41) is 7.04. The number of anilines is 1. The van der Waals surface area contributed by atoms with Crippen LogP contribution in [0.4, 0.5) is 5.69 Å². The van der Waals surface area contributed by atoms with E-state index in [4.69, 9.17) is 0 Å². The van der Waals surface area contributed by atoms with Gasteiger partial charge in [-0.25, -0.2) is 0 Å². The van der Waals surface area contributed by atoms with E-state index in [0.717, 1.165) is 37.9 Å². The Labute approximate surface area is 158 Å². The molecule has 0 aromatic heterocycles. The Bertz CT molecular complexity index is 459. The number of hydrogen-bond acceptors (Lipinski definition) is 2. The molecule has 1 unspecified atom stereocenters. The average Bonchev–Trinajstić information content (AvgIpc) is 3.04. The number of nitrogens with zero attached hydrogens (tertiary/aromatic N) is 2. The molecule has 2 rings (SSSR count). The first-order valence-electron chi connectivity index (χ1n) is 8.54. The summed E-state index contributed by atoms with van der Waals surface area (Å²) in [6, 6.07) is 11.1. The monoisotopic (exact) mass is 430 g/mol. The van der Waals surface area contributed by atoms with Crippen molar-refractivity contribution >= 4 is 35.6 Å². The van der Waals surface area contributed by atoms with E-state index in [1.165, 1.54) is 18.5 Å². The summed E-state index contributed by atoms with van der Waals surface area (Å²) in [6.45, 7) is 7.64. The van der Waals surface area contributed by atoms with Crippen LogP contribution in [0.3, 0.4) is 0 Å². The molecule has 1 aliphatic heterocycles. The Hall–Kier alpha value is -0.980. The third-order valence-electron chi connectivity index (χ3n) is 4.59. The zero-order valence-corrected chi connectivity index (χ0v) is 16.9. The maximum Gasteiger partial charge on any atom is 0.191 e. The van der Waals surface area contributed by atoms with Gasteiger partial charge < -0.3 is 15.5 Å². The lowest BCUT2D eigenvalue weighted by atomic mass is 10.0. The van der Waals surface area contributed by atoms with Crippen molar-refractivity contribution in [1.82, 2.24) is 10.6 Å². The number of hydrogen-bond donors (Lipinski definition) is 2. The molecule has 2 N–H and O–H groups in total. The van der Waals surface area contributed by atoms with Gasteiger partial charge in [0.2, 0.25) is 0 Å². The van der Waals surface area contributed by atoms with E-state index >= 15 is 0 Å². The van der Waals surface area contributed by atoms with E-state index in [1.54, 1.807) is 0 Å². The van der Waals surface area contributed by atoms with Crippen molar-refractivity contribution in [3.63, 3.8) is 0 Å². The van der Waals surface area contributed by atoms with Crippen molar-refractivity contribution < 1.29 is 0 Å². The van der Waals surface area contributed by atoms with Gasteiger partial charge in [-0.3, -0.25) is 4.99 Å². The van der Waals surface area contributed by atoms with Crippen LogP contribution < -0.4 is 15.5 Å². The van der Waals surface area contributed by atoms with Gasteiger partial charge >= 0.3 is 0 Å². The predicted octanol–water partition coefficient (Wildman–Crippen LogP) is 3.48. The standard InChI is InChI=1S/C18H30N4.HI/c1-4-15(5-2)13-20-18(19-3)21-16-11-12-22(14-16)17-9-7-6-8-10-17;/h6-10,15-16H,4-5,11-14H2,1-3H3,(H2,19,20,21);1H. The summed E-state index contributed by atoms with van der Waals surface area (Å²) in [7, 11) is 1.85. The van der Waals surface area contributed by atoms with Gasteiger partial charge in [0.25, 0.3) is 0 Å². The number of rotatable bonds is 6. The highest BCUT2D eigenvalue weighted by molar-refractivity contribution is 14.0. The molecule has 0 saturated carbocycles. The molecule has 1 aromatic carbocycles. The van der Waals surface area contributed by atoms with Gasteiger partial charge in [-0.2, -0.15) is 0 Å². The normalized spacial score (nSPS) is 18.0. The summed E-state index contributed by atoms with van der Waals surface area (Å²) in [4.78, 5) is 6.80. The van der Waals surface area contributed by atoms with Crippen molar-refractivity contribution in [1.29, 1.82) is 0 Å². The summed E-state index contributed by atoms with van der Waals surface area (Å²) < 4.78 is 0. The largest absolute Gasteiger partial charge is 0.369 e. The molecular weight excluding hydrogens is 399 g/mol. The molecule has 0 amide bonds. The van der Waals surface area contributed by atoms with Crippen LogP contribution in [0.5, 0.6) is 0 Å². The first-order valence-corrected chi connectivity index (χ1v) is 8.54. The quantitative estimate of drug-likeness (QED) is 0.413. The van der Waals surface area contributed by atoms with E-state index < -0.39 is 0 Å². The Balaban J connectivity index is 0.00000264. The molecule has 0 aliphatic carbocycles. The molecule has 23 heavy (non-hydrogen) atoms. The predicted molar refractivity (Wildman–Crippen MR) is 111 cm³/mol. The average molecular weight is 430 g/mol. The van der Waals surface area contributed by atoms with Crippen LogP contribution in [0, 0.1) is 5.92 Å². The summed E-state index contributed by atoms with van der Waals surface area (Å²) in [6.07, 6.45) is 3.58. The highest BCUT2D eigenvalue weighted by Gasteiger charge is 2.23. The number of guanidine groups is 1. The first kappa shape index (κ1) is 20.1. The van der Waals surface area contributed by atoms with Crippen molar-refractivity contribution in [2.24, 2.45) is 10.9 Å². The van der Waals surface area contributed by atoms with Crippen molar-refractivity contribution in [2.45, 2.75) is 39.2 Å². The fraction of sp³-hybridized carbons (Fsp3) is 0.611. The molecular formula is C18H31IN4. The molecule has 1 aliphatic rings. The minimum atomic E-state index is 0. The van der Waals surface area contributed by atoms with Crippen LogP contribution in [0.15, 0.2) is 35.3 Å². The SMILES string of the molecule is CCC(CC)CNC(=NC)NC1CCN(c2ccccc2)C1.I. The molecule has 5 heteroatoms. The topological polar surface area (TPSA) is 39.7 Å². The van der Waals surface area contributed by atoms with Crippen LogP contribution in [0.25, 0.3) is 0 Å². The maximum absolute atomic E-state index is 4.37. The third kappa shape index (κ3) is 6.20.